The molecular weight excluding hydrogens is 325 g/mol. The van der Waals surface area contributed by atoms with Gasteiger partial charge in [-0.25, -0.2) is 9.37 Å². The van der Waals surface area contributed by atoms with Crippen LogP contribution >= 0.6 is 11.8 Å². The van der Waals surface area contributed by atoms with E-state index in [1.807, 2.05) is 6.07 Å². The Hall–Kier alpha value is -2.39. The Balaban J connectivity index is 1.96. The van der Waals surface area contributed by atoms with Crippen molar-refractivity contribution in [3.63, 3.8) is 0 Å². The number of rotatable bonds is 4. The first-order chi connectivity index (χ1) is 11.6. The summed E-state index contributed by atoms with van der Waals surface area (Å²) in [5.74, 6) is -0.924. The van der Waals surface area contributed by atoms with Gasteiger partial charge >= 0.3 is 0 Å². The quantitative estimate of drug-likeness (QED) is 0.866. The maximum absolute atomic E-state index is 13.1. The molecular formula is C18H16FN3OS. The van der Waals surface area contributed by atoms with Gasteiger partial charge in [0, 0.05) is 5.69 Å². The summed E-state index contributed by atoms with van der Waals surface area (Å²) in [6.45, 7) is 0. The molecule has 6 heteroatoms. The molecule has 1 heterocycles. The average Bonchev–Trinajstić information content (AvgIpc) is 2.59. The number of fused-ring (bicyclic) bond motifs is 1. The zero-order valence-corrected chi connectivity index (χ0v) is 13.8. The van der Waals surface area contributed by atoms with Crippen molar-refractivity contribution in [2.45, 2.75) is 36.0 Å². The summed E-state index contributed by atoms with van der Waals surface area (Å²) in [5.41, 5.74) is 8.67. The smallest absolute Gasteiger partial charge is 0.235 e. The number of carbonyl (C=O) groups excluding carboxylic acids is 1. The Morgan fingerprint density at radius 3 is 2.67 bits per heavy atom. The minimum absolute atomic E-state index is 0.378. The Kier molecular flexibility index (Phi) is 4.81. The molecule has 0 unspecified atom stereocenters. The molecule has 2 aromatic rings. The third-order valence-electron chi connectivity index (χ3n) is 4.05. The molecule has 1 aromatic carbocycles. The molecule has 122 valence electrons. The van der Waals surface area contributed by atoms with E-state index in [1.54, 1.807) is 0 Å². The normalized spacial score (nSPS) is 14.5. The topological polar surface area (TPSA) is 79.8 Å². The maximum atomic E-state index is 13.1. The van der Waals surface area contributed by atoms with Crippen LogP contribution < -0.4 is 5.73 Å². The molecule has 1 amide bonds. The number of primary amides is 1. The molecule has 1 aromatic heterocycles. The molecule has 1 aliphatic rings. The number of nitriles is 1. The fraction of sp³-hybridized carbons (Fsp3) is 0.278. The summed E-state index contributed by atoms with van der Waals surface area (Å²) >= 11 is 1.15. The number of nitrogens with two attached hydrogens (primary N) is 1. The number of pyridine rings is 1. The Bertz CT molecular complexity index is 814. The second kappa shape index (κ2) is 7.02. The van der Waals surface area contributed by atoms with E-state index in [-0.39, 0.29) is 5.82 Å². The van der Waals surface area contributed by atoms with Crippen molar-refractivity contribution in [3.8, 4) is 6.07 Å². The molecule has 0 fully saturated rings. The number of hydrogen-bond acceptors (Lipinski definition) is 4. The molecule has 0 saturated carbocycles. The summed E-state index contributed by atoms with van der Waals surface area (Å²) in [6, 6.07) is 9.66. The fourth-order valence-corrected chi connectivity index (χ4v) is 3.85. The van der Waals surface area contributed by atoms with Crippen molar-refractivity contribution in [1.82, 2.24) is 4.98 Å². The molecule has 4 nitrogen and oxygen atoms in total. The second-order valence-electron chi connectivity index (χ2n) is 5.72. The van der Waals surface area contributed by atoms with Crippen LogP contribution in [0.2, 0.25) is 0 Å². The molecule has 2 N–H and O–H groups in total. The Morgan fingerprint density at radius 2 is 2.00 bits per heavy atom. The van der Waals surface area contributed by atoms with E-state index in [4.69, 9.17) is 5.73 Å². The van der Waals surface area contributed by atoms with Gasteiger partial charge in [-0.2, -0.15) is 5.26 Å². The lowest BCUT2D eigenvalue weighted by atomic mass is 9.95. The van der Waals surface area contributed by atoms with Gasteiger partial charge in [0.2, 0.25) is 5.91 Å². The van der Waals surface area contributed by atoms with E-state index in [2.05, 4.69) is 11.1 Å². The van der Waals surface area contributed by atoms with Crippen LogP contribution in [0, 0.1) is 17.1 Å². The summed E-state index contributed by atoms with van der Waals surface area (Å²) < 4.78 is 13.1. The van der Waals surface area contributed by atoms with Crippen LogP contribution in [0.3, 0.4) is 0 Å². The number of aryl methyl sites for hydroxylation is 2. The minimum atomic E-state index is -0.716. The maximum Gasteiger partial charge on any atom is 0.235 e. The van der Waals surface area contributed by atoms with E-state index in [1.165, 1.54) is 24.3 Å². The average molecular weight is 341 g/mol. The van der Waals surface area contributed by atoms with Gasteiger partial charge in [-0.05, 0) is 55.0 Å². The zero-order valence-electron chi connectivity index (χ0n) is 13.0. The SMILES string of the molecule is N#Cc1cc2c(nc1S[C@@H](C(N)=O)c1ccc(F)cc1)CCCC2. The van der Waals surface area contributed by atoms with Crippen LogP contribution in [0.1, 0.15) is 40.5 Å². The monoisotopic (exact) mass is 341 g/mol. The highest BCUT2D eigenvalue weighted by molar-refractivity contribution is 8.00. The number of halogens is 1. The zero-order chi connectivity index (χ0) is 17.1. The Labute approximate surface area is 143 Å². The highest BCUT2D eigenvalue weighted by Crippen LogP contribution is 2.37. The predicted octanol–water partition coefficient (Wildman–Crippen LogP) is 3.29. The molecule has 24 heavy (non-hydrogen) atoms. The number of benzene rings is 1. The van der Waals surface area contributed by atoms with Gasteiger partial charge in [0.25, 0.3) is 0 Å². The number of thioether (sulfide) groups is 1. The van der Waals surface area contributed by atoms with Gasteiger partial charge < -0.3 is 5.73 Å². The highest BCUT2D eigenvalue weighted by Gasteiger charge is 2.23. The number of carbonyl (C=O) groups is 1. The van der Waals surface area contributed by atoms with Crippen molar-refractivity contribution in [3.05, 3.63) is 58.5 Å². The lowest BCUT2D eigenvalue weighted by Gasteiger charge is -2.18. The van der Waals surface area contributed by atoms with Crippen LogP contribution in [0.4, 0.5) is 4.39 Å². The molecule has 0 bridgehead atoms. The standard InChI is InChI=1S/C18H16FN3OS/c19-14-7-5-11(6-8-14)16(17(21)23)24-18-13(10-20)9-12-3-1-2-4-15(12)22-18/h5-9,16H,1-4H2,(H2,21,23)/t16-/m1/s1. The molecule has 0 aliphatic heterocycles. The van der Waals surface area contributed by atoms with Gasteiger partial charge in [0.15, 0.2) is 0 Å². The second-order valence-corrected chi connectivity index (χ2v) is 6.81. The summed E-state index contributed by atoms with van der Waals surface area (Å²) in [5, 5.41) is 9.20. The van der Waals surface area contributed by atoms with Crippen LogP contribution in [0.25, 0.3) is 0 Å². The van der Waals surface area contributed by atoms with E-state index < -0.39 is 11.2 Å². The van der Waals surface area contributed by atoms with E-state index in [0.29, 0.717) is 16.2 Å². The number of hydrogen-bond donors (Lipinski definition) is 1. The fourth-order valence-electron chi connectivity index (χ4n) is 2.82. The van der Waals surface area contributed by atoms with Crippen molar-refractivity contribution in [1.29, 1.82) is 5.26 Å². The van der Waals surface area contributed by atoms with Crippen LogP contribution in [-0.2, 0) is 17.6 Å². The predicted molar refractivity (Wildman–Crippen MR) is 89.8 cm³/mol. The molecule has 0 spiro atoms. The van der Waals surface area contributed by atoms with Gasteiger partial charge in [0.05, 0.1) is 5.56 Å². The summed E-state index contributed by atoms with van der Waals surface area (Å²) in [6.07, 6.45) is 3.99. The van der Waals surface area contributed by atoms with Crippen LogP contribution in [-0.4, -0.2) is 10.9 Å². The van der Waals surface area contributed by atoms with Crippen molar-refractivity contribution in [2.24, 2.45) is 5.73 Å². The van der Waals surface area contributed by atoms with E-state index >= 15 is 0 Å². The van der Waals surface area contributed by atoms with Gasteiger partial charge in [0.1, 0.15) is 22.2 Å². The molecule has 1 atom stereocenters. The molecule has 0 radical (unpaired) electrons. The van der Waals surface area contributed by atoms with Crippen molar-refractivity contribution >= 4 is 17.7 Å². The number of nitrogens with zero attached hydrogens (tertiary/aromatic N) is 2. The number of aromatic nitrogens is 1. The Morgan fingerprint density at radius 1 is 1.29 bits per heavy atom. The first-order valence-electron chi connectivity index (χ1n) is 7.73. The molecule has 1 aliphatic carbocycles. The van der Waals surface area contributed by atoms with Crippen LogP contribution in [0.5, 0.6) is 0 Å². The van der Waals surface area contributed by atoms with E-state index in [0.717, 1.165) is 48.7 Å². The van der Waals surface area contributed by atoms with Gasteiger partial charge in [-0.1, -0.05) is 23.9 Å². The lowest BCUT2D eigenvalue weighted by molar-refractivity contribution is -0.117. The van der Waals surface area contributed by atoms with Crippen LogP contribution in [0.15, 0.2) is 35.4 Å². The third kappa shape index (κ3) is 3.41. The minimum Gasteiger partial charge on any atom is -0.368 e. The van der Waals surface area contributed by atoms with Crippen molar-refractivity contribution < 1.29 is 9.18 Å². The number of amides is 1. The third-order valence-corrected chi connectivity index (χ3v) is 5.32. The molecule has 3 rings (SSSR count). The summed E-state index contributed by atoms with van der Waals surface area (Å²) in [7, 11) is 0. The highest BCUT2D eigenvalue weighted by atomic mass is 32.2. The molecule has 0 saturated heterocycles. The van der Waals surface area contributed by atoms with Gasteiger partial charge in [-0.15, -0.1) is 0 Å². The first-order valence-corrected chi connectivity index (χ1v) is 8.61. The summed E-state index contributed by atoms with van der Waals surface area (Å²) in [4.78, 5) is 16.5. The lowest BCUT2D eigenvalue weighted by Crippen LogP contribution is -2.19. The largest absolute Gasteiger partial charge is 0.368 e. The first kappa shape index (κ1) is 16.5. The van der Waals surface area contributed by atoms with E-state index in [9.17, 15) is 14.4 Å². The van der Waals surface area contributed by atoms with Gasteiger partial charge in [-0.3, -0.25) is 4.79 Å². The van der Waals surface area contributed by atoms with Crippen molar-refractivity contribution in [2.75, 3.05) is 0 Å².